The van der Waals surface area contributed by atoms with E-state index in [1.54, 1.807) is 0 Å². The molecule has 6 rings (SSSR count). The van der Waals surface area contributed by atoms with E-state index in [1.165, 1.54) is 39.3 Å². The van der Waals surface area contributed by atoms with Gasteiger partial charge in [-0.3, -0.25) is 0 Å². The predicted octanol–water partition coefficient (Wildman–Crippen LogP) is 9.40. The lowest BCUT2D eigenvalue weighted by Gasteiger charge is -2.22. The fourth-order valence-electron chi connectivity index (χ4n) is 6.11. The SMILES string of the molecule is Cc1ccc2c(oc3ccccc32)c1-c1cccc(-c2c(C)ccn2-c2c(C(C)C)cccc2C(C)C)[n+]1C. The summed E-state index contributed by atoms with van der Waals surface area (Å²) < 4.78 is 11.2. The lowest BCUT2D eigenvalue weighted by Crippen LogP contribution is -2.34. The number of fused-ring (bicyclic) bond motifs is 3. The molecule has 3 heteroatoms. The normalized spacial score (nSPS) is 11.9. The Hall–Kier alpha value is -4.11. The Morgan fingerprint density at radius 1 is 0.667 bits per heavy atom. The monoisotopic (exact) mass is 513 g/mol. The van der Waals surface area contributed by atoms with Crippen molar-refractivity contribution in [3.8, 4) is 28.3 Å². The number of pyridine rings is 1. The zero-order valence-electron chi connectivity index (χ0n) is 24.0. The summed E-state index contributed by atoms with van der Waals surface area (Å²) in [6.45, 7) is 13.5. The summed E-state index contributed by atoms with van der Waals surface area (Å²) in [5.41, 5.74) is 13.1. The Balaban J connectivity index is 1.62. The molecule has 0 radical (unpaired) electrons. The van der Waals surface area contributed by atoms with Gasteiger partial charge in [0.2, 0.25) is 11.4 Å². The van der Waals surface area contributed by atoms with Crippen LogP contribution in [0.3, 0.4) is 0 Å². The van der Waals surface area contributed by atoms with E-state index in [0.717, 1.165) is 33.2 Å². The van der Waals surface area contributed by atoms with Crippen molar-refractivity contribution in [1.29, 1.82) is 0 Å². The molecular weight excluding hydrogens is 476 g/mol. The molecular formula is C36H37N2O+. The number of aryl methyl sites for hydroxylation is 2. The molecule has 0 aliphatic carbocycles. The average Bonchev–Trinajstić information content (AvgIpc) is 3.48. The highest BCUT2D eigenvalue weighted by Crippen LogP contribution is 2.39. The lowest BCUT2D eigenvalue weighted by atomic mass is 9.92. The summed E-state index contributed by atoms with van der Waals surface area (Å²) in [7, 11) is 2.18. The van der Waals surface area contributed by atoms with Crippen LogP contribution in [0.5, 0.6) is 0 Å². The third-order valence-electron chi connectivity index (χ3n) is 8.16. The van der Waals surface area contributed by atoms with Gasteiger partial charge < -0.3 is 8.98 Å². The van der Waals surface area contributed by atoms with Crippen molar-refractivity contribution in [1.82, 2.24) is 4.57 Å². The van der Waals surface area contributed by atoms with Crippen LogP contribution in [0.1, 0.15) is 61.8 Å². The van der Waals surface area contributed by atoms with Crippen molar-refractivity contribution < 1.29 is 8.98 Å². The first-order valence-corrected chi connectivity index (χ1v) is 14.0. The van der Waals surface area contributed by atoms with Crippen LogP contribution in [-0.4, -0.2) is 4.57 Å². The van der Waals surface area contributed by atoms with Crippen LogP contribution in [0.15, 0.2) is 89.5 Å². The topological polar surface area (TPSA) is 21.9 Å². The fraction of sp³-hybridized carbons (Fsp3) is 0.250. The molecule has 196 valence electrons. The molecule has 0 fully saturated rings. The highest BCUT2D eigenvalue weighted by Gasteiger charge is 2.27. The molecule has 0 bridgehead atoms. The largest absolute Gasteiger partial charge is 0.455 e. The minimum Gasteiger partial charge on any atom is -0.455 e. The highest BCUT2D eigenvalue weighted by molar-refractivity contribution is 6.09. The Kier molecular flexibility index (Phi) is 6.18. The lowest BCUT2D eigenvalue weighted by molar-refractivity contribution is -0.649. The number of benzene rings is 3. The predicted molar refractivity (Wildman–Crippen MR) is 163 cm³/mol. The Bertz CT molecular complexity index is 1820. The molecule has 6 aromatic rings. The van der Waals surface area contributed by atoms with Gasteiger partial charge in [-0.25, -0.2) is 0 Å². The number of rotatable bonds is 5. The van der Waals surface area contributed by atoms with Crippen LogP contribution in [0.2, 0.25) is 0 Å². The second-order valence-corrected chi connectivity index (χ2v) is 11.4. The number of furan rings is 1. The molecule has 0 N–H and O–H groups in total. The highest BCUT2D eigenvalue weighted by atomic mass is 16.3. The second-order valence-electron chi connectivity index (χ2n) is 11.4. The number of aromatic nitrogens is 2. The number of nitrogens with zero attached hydrogens (tertiary/aromatic N) is 2. The molecule has 0 amide bonds. The molecule has 3 heterocycles. The molecule has 0 aliphatic heterocycles. The maximum atomic E-state index is 6.49. The quantitative estimate of drug-likeness (QED) is 0.210. The van der Waals surface area contributed by atoms with Gasteiger partial charge in [0.25, 0.3) is 0 Å². The number of hydrogen-bond acceptors (Lipinski definition) is 1. The van der Waals surface area contributed by atoms with Gasteiger partial charge >= 0.3 is 0 Å². The summed E-state index contributed by atoms with van der Waals surface area (Å²) in [6, 6.07) is 28.4. The van der Waals surface area contributed by atoms with E-state index in [4.69, 9.17) is 4.42 Å². The minimum absolute atomic E-state index is 0.419. The Morgan fingerprint density at radius 2 is 1.33 bits per heavy atom. The number of hydrogen-bond donors (Lipinski definition) is 0. The molecule has 3 nitrogen and oxygen atoms in total. The Labute approximate surface area is 231 Å². The summed E-state index contributed by atoms with van der Waals surface area (Å²) >= 11 is 0. The van der Waals surface area contributed by atoms with E-state index < -0.39 is 0 Å². The van der Waals surface area contributed by atoms with E-state index in [1.807, 2.05) is 6.07 Å². The van der Waals surface area contributed by atoms with Gasteiger partial charge in [0, 0.05) is 29.1 Å². The third kappa shape index (κ3) is 3.99. The molecule has 3 aromatic heterocycles. The van der Waals surface area contributed by atoms with Crippen LogP contribution in [0.25, 0.3) is 50.3 Å². The number of para-hydroxylation sites is 2. The first-order valence-electron chi connectivity index (χ1n) is 14.0. The van der Waals surface area contributed by atoms with E-state index in [-0.39, 0.29) is 0 Å². The van der Waals surface area contributed by atoms with Crippen molar-refractivity contribution >= 4 is 21.9 Å². The van der Waals surface area contributed by atoms with Gasteiger partial charge in [0.1, 0.15) is 23.9 Å². The van der Waals surface area contributed by atoms with Gasteiger partial charge in [0.05, 0.1) is 11.3 Å². The van der Waals surface area contributed by atoms with Gasteiger partial charge in [-0.1, -0.05) is 76.2 Å². The molecule has 0 spiro atoms. The zero-order chi connectivity index (χ0) is 27.4. The van der Waals surface area contributed by atoms with Crippen molar-refractivity contribution in [3.05, 3.63) is 107 Å². The van der Waals surface area contributed by atoms with Crippen LogP contribution in [0.4, 0.5) is 0 Å². The molecule has 0 atom stereocenters. The molecule has 3 aromatic carbocycles. The summed E-state index contributed by atoms with van der Waals surface area (Å²) in [5, 5.41) is 2.31. The van der Waals surface area contributed by atoms with Crippen molar-refractivity contribution in [3.63, 3.8) is 0 Å². The molecule has 39 heavy (non-hydrogen) atoms. The standard InChI is InChI=1S/C36H37N2O/c1-22(2)26-13-10-14-27(23(3)4)35(26)38-21-20-25(6)34(38)31-16-11-15-30(37(31)7)33-24(5)18-19-29-28-12-8-9-17-32(28)39-36(29)33/h8-23H,1-7H3/q+1. The van der Waals surface area contributed by atoms with Gasteiger partial charge in [-0.15, -0.1) is 0 Å². The van der Waals surface area contributed by atoms with E-state index >= 15 is 0 Å². The first-order chi connectivity index (χ1) is 18.8. The minimum atomic E-state index is 0.419. The van der Waals surface area contributed by atoms with Gasteiger partial charge in [0.15, 0.2) is 0 Å². The summed E-state index contributed by atoms with van der Waals surface area (Å²) in [6.07, 6.45) is 2.25. The third-order valence-corrected chi connectivity index (χ3v) is 8.16. The molecule has 0 saturated carbocycles. The smallest absolute Gasteiger partial charge is 0.230 e. The molecule has 0 aliphatic rings. The fourth-order valence-corrected chi connectivity index (χ4v) is 6.11. The van der Waals surface area contributed by atoms with Crippen molar-refractivity contribution in [2.75, 3.05) is 0 Å². The van der Waals surface area contributed by atoms with Crippen molar-refractivity contribution in [2.45, 2.75) is 53.4 Å². The summed E-state index contributed by atoms with van der Waals surface area (Å²) in [5.74, 6) is 0.838. The first kappa shape index (κ1) is 25.2. The van der Waals surface area contributed by atoms with Crippen LogP contribution >= 0.6 is 0 Å². The maximum Gasteiger partial charge on any atom is 0.230 e. The van der Waals surface area contributed by atoms with Crippen LogP contribution < -0.4 is 4.57 Å². The average molecular weight is 514 g/mol. The van der Waals surface area contributed by atoms with E-state index in [2.05, 4.69) is 137 Å². The van der Waals surface area contributed by atoms with Crippen LogP contribution in [0, 0.1) is 13.8 Å². The van der Waals surface area contributed by atoms with Gasteiger partial charge in [-0.05, 0) is 66.1 Å². The second kappa shape index (κ2) is 9.57. The van der Waals surface area contributed by atoms with E-state index in [9.17, 15) is 0 Å². The van der Waals surface area contributed by atoms with Gasteiger partial charge in [-0.2, -0.15) is 4.57 Å². The summed E-state index contributed by atoms with van der Waals surface area (Å²) in [4.78, 5) is 0. The Morgan fingerprint density at radius 3 is 2.05 bits per heavy atom. The van der Waals surface area contributed by atoms with Crippen LogP contribution in [-0.2, 0) is 7.05 Å². The van der Waals surface area contributed by atoms with Crippen molar-refractivity contribution in [2.24, 2.45) is 7.05 Å². The molecule has 0 saturated heterocycles. The molecule has 0 unspecified atom stereocenters. The maximum absolute atomic E-state index is 6.49. The zero-order valence-corrected chi connectivity index (χ0v) is 24.0. The van der Waals surface area contributed by atoms with E-state index in [0.29, 0.717) is 11.8 Å².